The van der Waals surface area contributed by atoms with Gasteiger partial charge in [0.15, 0.2) is 0 Å². The Bertz CT molecular complexity index is 358. The van der Waals surface area contributed by atoms with Crippen molar-refractivity contribution in [1.29, 1.82) is 0 Å². The first-order chi connectivity index (χ1) is 7.65. The molecule has 0 aliphatic carbocycles. The molecule has 0 aromatic heterocycles. The molecule has 1 aromatic carbocycles. The first-order valence-electron chi connectivity index (χ1n) is 6.45. The van der Waals surface area contributed by atoms with Crippen molar-refractivity contribution in [1.82, 2.24) is 0 Å². The van der Waals surface area contributed by atoms with Crippen LogP contribution in [-0.4, -0.2) is 10.7 Å². The first-order valence-corrected chi connectivity index (χ1v) is 6.45. The van der Waals surface area contributed by atoms with Gasteiger partial charge >= 0.3 is 0 Å². The van der Waals surface area contributed by atoms with Gasteiger partial charge in [0.2, 0.25) is 0 Å². The quantitative estimate of drug-likeness (QED) is 0.832. The van der Waals surface area contributed by atoms with Gasteiger partial charge in [0.25, 0.3) is 0 Å². The Hall–Kier alpha value is -0.820. The van der Waals surface area contributed by atoms with Crippen LogP contribution in [0.2, 0.25) is 0 Å². The smallest absolute Gasteiger partial charge is 0.0650 e. The summed E-state index contributed by atoms with van der Waals surface area (Å²) in [4.78, 5) is 0. The van der Waals surface area contributed by atoms with Crippen LogP contribution in [-0.2, 0) is 5.41 Å². The molecule has 0 saturated carbocycles. The maximum Gasteiger partial charge on any atom is 0.0650 e. The van der Waals surface area contributed by atoms with E-state index in [0.29, 0.717) is 0 Å². The summed E-state index contributed by atoms with van der Waals surface area (Å²) in [6.07, 6.45) is 0.778. The summed E-state index contributed by atoms with van der Waals surface area (Å²) in [6, 6.07) is 8.62. The number of aryl methyl sites for hydroxylation is 1. The molecule has 0 radical (unpaired) electrons. The molecular formula is C16H26O. The van der Waals surface area contributed by atoms with Crippen molar-refractivity contribution < 1.29 is 5.11 Å². The highest BCUT2D eigenvalue weighted by atomic mass is 16.3. The van der Waals surface area contributed by atoms with Crippen LogP contribution >= 0.6 is 0 Å². The minimum atomic E-state index is -0.617. The predicted octanol–water partition coefficient (Wildman–Crippen LogP) is 4.07. The van der Waals surface area contributed by atoms with Crippen molar-refractivity contribution in [2.75, 3.05) is 0 Å². The van der Waals surface area contributed by atoms with E-state index in [1.54, 1.807) is 0 Å². The lowest BCUT2D eigenvalue weighted by Gasteiger charge is -2.37. The number of benzene rings is 1. The lowest BCUT2D eigenvalue weighted by atomic mass is 9.72. The number of rotatable bonds is 4. The summed E-state index contributed by atoms with van der Waals surface area (Å²) >= 11 is 0. The van der Waals surface area contributed by atoms with Gasteiger partial charge in [-0.3, -0.25) is 0 Å². The summed E-state index contributed by atoms with van der Waals surface area (Å²) < 4.78 is 0. The average molecular weight is 234 g/mol. The first kappa shape index (κ1) is 14.2. The molecule has 0 amide bonds. The summed E-state index contributed by atoms with van der Waals surface area (Å²) in [7, 11) is 0. The third-order valence-electron chi connectivity index (χ3n) is 3.88. The molecule has 1 aromatic rings. The Morgan fingerprint density at radius 1 is 1.06 bits per heavy atom. The lowest BCUT2D eigenvalue weighted by molar-refractivity contribution is -0.0113. The molecule has 0 unspecified atom stereocenters. The summed E-state index contributed by atoms with van der Waals surface area (Å²) in [5.74, 6) is 0.271. The van der Waals surface area contributed by atoms with Gasteiger partial charge in [-0.2, -0.15) is 0 Å². The third kappa shape index (κ3) is 3.57. The molecule has 1 atom stereocenters. The minimum absolute atomic E-state index is 0.00146. The zero-order valence-electron chi connectivity index (χ0n) is 12.0. The molecule has 0 bridgehead atoms. The second-order valence-electron chi connectivity index (χ2n) is 6.44. The largest absolute Gasteiger partial charge is 0.390 e. The minimum Gasteiger partial charge on any atom is -0.390 e. The normalized spacial score (nSPS) is 16.0. The summed E-state index contributed by atoms with van der Waals surface area (Å²) in [5, 5.41) is 10.4. The molecule has 1 rings (SSSR count). The van der Waals surface area contributed by atoms with Crippen LogP contribution in [0.5, 0.6) is 0 Å². The summed E-state index contributed by atoms with van der Waals surface area (Å²) in [6.45, 7) is 12.6. The average Bonchev–Trinajstić information content (AvgIpc) is 2.16. The van der Waals surface area contributed by atoms with Gasteiger partial charge in [-0.05, 0) is 37.2 Å². The predicted molar refractivity (Wildman–Crippen MR) is 74.3 cm³/mol. The molecule has 1 nitrogen and oxygen atoms in total. The lowest BCUT2D eigenvalue weighted by Crippen LogP contribution is -2.38. The van der Waals surface area contributed by atoms with E-state index < -0.39 is 5.60 Å². The fraction of sp³-hybridized carbons (Fsp3) is 0.625. The van der Waals surface area contributed by atoms with Gasteiger partial charge < -0.3 is 5.11 Å². The van der Waals surface area contributed by atoms with Crippen LogP contribution in [0.4, 0.5) is 0 Å². The molecule has 0 fully saturated rings. The standard InChI is InChI=1S/C16H26O/c1-12(2)16(6,17)11-15(4,5)14-9-7-13(3)8-10-14/h7-10,12,17H,11H2,1-6H3/t16-/m0/s1. The Balaban J connectivity index is 2.92. The number of aliphatic hydroxyl groups is 1. The van der Waals surface area contributed by atoms with Crippen molar-refractivity contribution in [3.05, 3.63) is 35.4 Å². The van der Waals surface area contributed by atoms with E-state index in [-0.39, 0.29) is 11.3 Å². The Morgan fingerprint density at radius 3 is 1.94 bits per heavy atom. The van der Waals surface area contributed by atoms with Crippen molar-refractivity contribution in [3.63, 3.8) is 0 Å². The Labute approximate surface area is 106 Å². The van der Waals surface area contributed by atoms with Crippen molar-refractivity contribution in [2.24, 2.45) is 5.92 Å². The van der Waals surface area contributed by atoms with Crippen LogP contribution in [0.3, 0.4) is 0 Å². The summed E-state index contributed by atoms with van der Waals surface area (Å²) in [5.41, 5.74) is 1.96. The van der Waals surface area contributed by atoms with Gasteiger partial charge in [0.05, 0.1) is 5.60 Å². The van der Waals surface area contributed by atoms with E-state index in [1.807, 2.05) is 6.92 Å². The fourth-order valence-corrected chi connectivity index (χ4v) is 2.21. The van der Waals surface area contributed by atoms with Gasteiger partial charge in [0.1, 0.15) is 0 Å². The van der Waals surface area contributed by atoms with E-state index in [1.165, 1.54) is 11.1 Å². The zero-order chi connectivity index (χ0) is 13.3. The zero-order valence-corrected chi connectivity index (χ0v) is 12.0. The van der Waals surface area contributed by atoms with Gasteiger partial charge in [0, 0.05) is 0 Å². The van der Waals surface area contributed by atoms with E-state index in [0.717, 1.165) is 6.42 Å². The van der Waals surface area contributed by atoms with E-state index in [4.69, 9.17) is 0 Å². The van der Waals surface area contributed by atoms with E-state index in [9.17, 15) is 5.11 Å². The Morgan fingerprint density at radius 2 is 1.53 bits per heavy atom. The van der Waals surface area contributed by atoms with Gasteiger partial charge in [-0.15, -0.1) is 0 Å². The SMILES string of the molecule is Cc1ccc(C(C)(C)C[C@](C)(O)C(C)C)cc1. The van der Waals surface area contributed by atoms with Crippen LogP contribution in [0.15, 0.2) is 24.3 Å². The second kappa shape index (κ2) is 4.81. The second-order valence-corrected chi connectivity index (χ2v) is 6.44. The van der Waals surface area contributed by atoms with Crippen molar-refractivity contribution in [3.8, 4) is 0 Å². The molecule has 0 heterocycles. The molecule has 96 valence electrons. The highest BCUT2D eigenvalue weighted by molar-refractivity contribution is 5.27. The van der Waals surface area contributed by atoms with Crippen LogP contribution in [0, 0.1) is 12.8 Å². The maximum atomic E-state index is 10.4. The number of hydrogen-bond acceptors (Lipinski definition) is 1. The monoisotopic (exact) mass is 234 g/mol. The van der Waals surface area contributed by atoms with E-state index >= 15 is 0 Å². The molecule has 0 spiro atoms. The van der Waals surface area contributed by atoms with Crippen LogP contribution < -0.4 is 0 Å². The third-order valence-corrected chi connectivity index (χ3v) is 3.88. The molecule has 0 saturated heterocycles. The highest BCUT2D eigenvalue weighted by Crippen LogP contribution is 2.35. The molecule has 1 heteroatoms. The van der Waals surface area contributed by atoms with Crippen molar-refractivity contribution >= 4 is 0 Å². The van der Waals surface area contributed by atoms with Crippen LogP contribution in [0.1, 0.15) is 52.2 Å². The van der Waals surface area contributed by atoms with Gasteiger partial charge in [-0.25, -0.2) is 0 Å². The molecule has 0 aliphatic heterocycles. The molecular weight excluding hydrogens is 208 g/mol. The van der Waals surface area contributed by atoms with E-state index in [2.05, 4.69) is 58.9 Å². The van der Waals surface area contributed by atoms with Crippen molar-refractivity contribution in [2.45, 2.75) is 59.0 Å². The van der Waals surface area contributed by atoms with Crippen LogP contribution in [0.25, 0.3) is 0 Å². The van der Waals surface area contributed by atoms with Gasteiger partial charge in [-0.1, -0.05) is 57.5 Å². The number of hydrogen-bond donors (Lipinski definition) is 1. The molecule has 0 aliphatic rings. The maximum absolute atomic E-state index is 10.4. The fourth-order valence-electron chi connectivity index (χ4n) is 2.21. The molecule has 17 heavy (non-hydrogen) atoms. The topological polar surface area (TPSA) is 20.2 Å². The highest BCUT2D eigenvalue weighted by Gasteiger charge is 2.33. The Kier molecular flexibility index (Phi) is 4.03. The molecule has 1 N–H and O–H groups in total.